The molecule has 1 aliphatic rings. The molecule has 17 heavy (non-hydrogen) atoms. The van der Waals surface area contributed by atoms with Crippen LogP contribution in [0.2, 0.25) is 0 Å². The van der Waals surface area contributed by atoms with Crippen molar-refractivity contribution in [3.05, 3.63) is 0 Å². The Balaban J connectivity index is 2.44. The second-order valence-electron chi connectivity index (χ2n) is 4.45. The standard InChI is InChI=1S/C10H20N2O4S/c1-12(8-9-3-2-5-11-7-9)17(15,16)6-4-10(13)14/h9,11H,2-8H2,1H3,(H,13,14). The average Bonchev–Trinajstić information content (AvgIpc) is 2.28. The van der Waals surface area contributed by atoms with Gasteiger partial charge in [-0.1, -0.05) is 0 Å². The maximum atomic E-state index is 11.8. The van der Waals surface area contributed by atoms with Crippen LogP contribution in [-0.4, -0.2) is 56.2 Å². The van der Waals surface area contributed by atoms with Crippen molar-refractivity contribution in [1.29, 1.82) is 0 Å². The number of sulfonamides is 1. The SMILES string of the molecule is CN(CC1CCCNC1)S(=O)(=O)CCC(=O)O. The van der Waals surface area contributed by atoms with E-state index in [0.29, 0.717) is 12.5 Å². The minimum absolute atomic E-state index is 0.320. The third-order valence-corrected chi connectivity index (χ3v) is 4.78. The average molecular weight is 264 g/mol. The van der Waals surface area contributed by atoms with Crippen molar-refractivity contribution in [2.24, 2.45) is 5.92 Å². The number of hydrogen-bond donors (Lipinski definition) is 2. The number of piperidine rings is 1. The molecule has 1 rings (SSSR count). The predicted molar refractivity (Wildman–Crippen MR) is 64.3 cm³/mol. The molecular formula is C10H20N2O4S. The van der Waals surface area contributed by atoms with E-state index in [2.05, 4.69) is 5.32 Å². The number of carboxylic acid groups (broad SMARTS) is 1. The number of nitrogens with zero attached hydrogens (tertiary/aromatic N) is 1. The summed E-state index contributed by atoms with van der Waals surface area (Å²) in [7, 11) is -1.91. The highest BCUT2D eigenvalue weighted by molar-refractivity contribution is 7.89. The van der Waals surface area contributed by atoms with Crippen LogP contribution in [0.3, 0.4) is 0 Å². The summed E-state index contributed by atoms with van der Waals surface area (Å²) in [5.74, 6) is -1.08. The predicted octanol–water partition coefficient (Wildman–Crippen LogP) is -0.278. The van der Waals surface area contributed by atoms with Gasteiger partial charge in [-0.15, -0.1) is 0 Å². The number of carbonyl (C=O) groups is 1. The van der Waals surface area contributed by atoms with Gasteiger partial charge in [-0.25, -0.2) is 12.7 Å². The van der Waals surface area contributed by atoms with Crippen LogP contribution in [0.25, 0.3) is 0 Å². The van der Waals surface area contributed by atoms with E-state index in [9.17, 15) is 13.2 Å². The molecule has 100 valence electrons. The molecule has 1 aliphatic heterocycles. The lowest BCUT2D eigenvalue weighted by Crippen LogP contribution is -2.40. The highest BCUT2D eigenvalue weighted by atomic mass is 32.2. The van der Waals surface area contributed by atoms with Crippen molar-refractivity contribution < 1.29 is 18.3 Å². The molecule has 1 unspecified atom stereocenters. The second-order valence-corrected chi connectivity index (χ2v) is 6.65. The van der Waals surface area contributed by atoms with Gasteiger partial charge >= 0.3 is 5.97 Å². The molecule has 0 bridgehead atoms. The molecule has 0 aliphatic carbocycles. The molecule has 0 amide bonds. The zero-order valence-electron chi connectivity index (χ0n) is 10.1. The number of aliphatic carboxylic acids is 1. The van der Waals surface area contributed by atoms with E-state index in [-0.39, 0.29) is 12.2 Å². The normalized spacial score (nSPS) is 21.6. The van der Waals surface area contributed by atoms with Crippen LogP contribution < -0.4 is 5.32 Å². The molecule has 1 heterocycles. The van der Waals surface area contributed by atoms with E-state index < -0.39 is 16.0 Å². The van der Waals surface area contributed by atoms with Gasteiger partial charge in [0.05, 0.1) is 12.2 Å². The van der Waals surface area contributed by atoms with Gasteiger partial charge < -0.3 is 10.4 Å². The van der Waals surface area contributed by atoms with Crippen LogP contribution in [0.15, 0.2) is 0 Å². The summed E-state index contributed by atoms with van der Waals surface area (Å²) in [6.45, 7) is 2.29. The minimum atomic E-state index is -3.43. The van der Waals surface area contributed by atoms with E-state index in [1.54, 1.807) is 0 Å². The zero-order valence-corrected chi connectivity index (χ0v) is 10.9. The summed E-state index contributed by atoms with van der Waals surface area (Å²) >= 11 is 0. The smallest absolute Gasteiger partial charge is 0.304 e. The van der Waals surface area contributed by atoms with E-state index in [4.69, 9.17) is 5.11 Å². The molecule has 6 nitrogen and oxygen atoms in total. The fourth-order valence-electron chi connectivity index (χ4n) is 1.93. The maximum absolute atomic E-state index is 11.8. The molecule has 1 saturated heterocycles. The first-order valence-corrected chi connectivity index (χ1v) is 7.39. The molecule has 0 aromatic heterocycles. The van der Waals surface area contributed by atoms with Crippen molar-refractivity contribution in [2.45, 2.75) is 19.3 Å². The molecule has 0 radical (unpaired) electrons. The third-order valence-electron chi connectivity index (χ3n) is 2.96. The third kappa shape index (κ3) is 5.01. The first-order chi connectivity index (χ1) is 7.92. The summed E-state index contributed by atoms with van der Waals surface area (Å²) in [6.07, 6.45) is 1.75. The zero-order chi connectivity index (χ0) is 12.9. The number of rotatable bonds is 6. The lowest BCUT2D eigenvalue weighted by atomic mass is 10.00. The Kier molecular flexibility index (Phi) is 5.35. The van der Waals surface area contributed by atoms with Crippen molar-refractivity contribution in [2.75, 3.05) is 32.4 Å². The van der Waals surface area contributed by atoms with Crippen LogP contribution in [0.5, 0.6) is 0 Å². The number of carboxylic acids is 1. The maximum Gasteiger partial charge on any atom is 0.304 e. The first-order valence-electron chi connectivity index (χ1n) is 5.78. The Morgan fingerprint density at radius 2 is 2.24 bits per heavy atom. The van der Waals surface area contributed by atoms with E-state index in [1.165, 1.54) is 11.4 Å². The Bertz CT molecular complexity index is 349. The van der Waals surface area contributed by atoms with E-state index in [1.807, 2.05) is 0 Å². The molecule has 0 aromatic rings. The summed E-state index contributed by atoms with van der Waals surface area (Å²) in [4.78, 5) is 10.4. The van der Waals surface area contributed by atoms with Crippen molar-refractivity contribution in [3.8, 4) is 0 Å². The van der Waals surface area contributed by atoms with Crippen molar-refractivity contribution in [3.63, 3.8) is 0 Å². The van der Waals surface area contributed by atoms with Gasteiger partial charge in [0.25, 0.3) is 0 Å². The molecule has 1 fully saturated rings. The molecule has 1 atom stereocenters. The van der Waals surface area contributed by atoms with Crippen LogP contribution in [0.4, 0.5) is 0 Å². The first kappa shape index (κ1) is 14.4. The van der Waals surface area contributed by atoms with Gasteiger partial charge in [0.1, 0.15) is 0 Å². The number of hydrogen-bond acceptors (Lipinski definition) is 4. The van der Waals surface area contributed by atoms with Gasteiger partial charge in [-0.05, 0) is 31.8 Å². The second kappa shape index (κ2) is 6.32. The Morgan fingerprint density at radius 3 is 2.76 bits per heavy atom. The van der Waals surface area contributed by atoms with Crippen LogP contribution in [0.1, 0.15) is 19.3 Å². The fourth-order valence-corrected chi connectivity index (χ4v) is 3.11. The van der Waals surface area contributed by atoms with Gasteiger partial charge in [-0.2, -0.15) is 0 Å². The molecule has 0 aromatic carbocycles. The van der Waals surface area contributed by atoms with Crippen molar-refractivity contribution in [1.82, 2.24) is 9.62 Å². The van der Waals surface area contributed by atoms with Crippen molar-refractivity contribution >= 4 is 16.0 Å². The molecule has 2 N–H and O–H groups in total. The summed E-state index contributed by atoms with van der Waals surface area (Å²) in [6, 6.07) is 0. The van der Waals surface area contributed by atoms with E-state index in [0.717, 1.165) is 25.9 Å². The van der Waals surface area contributed by atoms with Crippen LogP contribution >= 0.6 is 0 Å². The molecular weight excluding hydrogens is 244 g/mol. The van der Waals surface area contributed by atoms with Crippen LogP contribution in [-0.2, 0) is 14.8 Å². The summed E-state index contributed by atoms with van der Waals surface area (Å²) < 4.78 is 24.8. The van der Waals surface area contributed by atoms with Crippen LogP contribution in [0, 0.1) is 5.92 Å². The Hall–Kier alpha value is -0.660. The van der Waals surface area contributed by atoms with Gasteiger partial charge in [0.2, 0.25) is 10.0 Å². The van der Waals surface area contributed by atoms with Gasteiger partial charge in [-0.3, -0.25) is 4.79 Å². The Morgan fingerprint density at radius 1 is 1.53 bits per heavy atom. The number of nitrogens with one attached hydrogen (secondary N) is 1. The van der Waals surface area contributed by atoms with E-state index >= 15 is 0 Å². The topological polar surface area (TPSA) is 86.7 Å². The molecule has 0 saturated carbocycles. The summed E-state index contributed by atoms with van der Waals surface area (Å²) in [5.41, 5.74) is 0. The fraction of sp³-hybridized carbons (Fsp3) is 0.900. The van der Waals surface area contributed by atoms with Gasteiger partial charge in [0, 0.05) is 13.6 Å². The summed E-state index contributed by atoms with van der Waals surface area (Å²) in [5, 5.41) is 11.7. The highest BCUT2D eigenvalue weighted by Gasteiger charge is 2.23. The minimum Gasteiger partial charge on any atom is -0.481 e. The monoisotopic (exact) mass is 264 g/mol. The highest BCUT2D eigenvalue weighted by Crippen LogP contribution is 2.13. The molecule has 7 heteroatoms. The molecule has 0 spiro atoms. The lowest BCUT2D eigenvalue weighted by Gasteiger charge is -2.27. The Labute approximate surface area is 102 Å². The van der Waals surface area contributed by atoms with Gasteiger partial charge in [0.15, 0.2) is 0 Å². The lowest BCUT2D eigenvalue weighted by molar-refractivity contribution is -0.136. The quantitative estimate of drug-likeness (QED) is 0.689. The largest absolute Gasteiger partial charge is 0.481 e.